The van der Waals surface area contributed by atoms with E-state index in [1.165, 1.54) is 0 Å². The molecule has 0 aromatic heterocycles. The van der Waals surface area contributed by atoms with Crippen LogP contribution in [-0.2, 0) is 0 Å². The molecule has 0 atom stereocenters. The zero-order valence-corrected chi connectivity index (χ0v) is 13.1. The molecule has 0 unspecified atom stereocenters. The molecule has 1 aromatic rings. The quantitative estimate of drug-likeness (QED) is 0.846. The first-order valence-electron chi connectivity index (χ1n) is 6.82. The Labute approximate surface area is 123 Å². The van der Waals surface area contributed by atoms with Gasteiger partial charge in [0.2, 0.25) is 0 Å². The number of nitrogen functional groups attached to an aromatic ring is 1. The molecule has 1 aliphatic rings. The fourth-order valence-electron chi connectivity index (χ4n) is 2.69. The molecule has 1 saturated heterocycles. The third-order valence-electron chi connectivity index (χ3n) is 3.94. The second kappa shape index (κ2) is 5.95. The van der Waals surface area contributed by atoms with E-state index in [0.29, 0.717) is 17.2 Å². The Bertz CT molecular complexity index is 445. The number of nitrogens with two attached hydrogens (primary N) is 1. The first kappa shape index (κ1) is 14.4. The van der Waals surface area contributed by atoms with E-state index >= 15 is 0 Å². The molecule has 1 fully saturated rings. The van der Waals surface area contributed by atoms with Crippen LogP contribution in [0.5, 0.6) is 0 Å². The number of carbonyl (C=O) groups excluding carboxylic acids is 1. The summed E-state index contributed by atoms with van der Waals surface area (Å²) in [6.07, 6.45) is 2.21. The van der Waals surface area contributed by atoms with Gasteiger partial charge in [-0.3, -0.25) is 4.79 Å². The number of piperidine rings is 1. The van der Waals surface area contributed by atoms with E-state index in [-0.39, 0.29) is 5.91 Å². The molecule has 1 aliphatic heterocycles. The third-order valence-corrected chi connectivity index (χ3v) is 4.39. The van der Waals surface area contributed by atoms with Gasteiger partial charge in [0, 0.05) is 28.8 Å². The molecule has 0 spiro atoms. The summed E-state index contributed by atoms with van der Waals surface area (Å²) in [7, 11) is 0. The van der Waals surface area contributed by atoms with E-state index < -0.39 is 0 Å². The van der Waals surface area contributed by atoms with Gasteiger partial charge in [0.25, 0.3) is 5.91 Å². The number of benzene rings is 1. The molecule has 4 heteroatoms. The number of hydrogen-bond donors (Lipinski definition) is 1. The van der Waals surface area contributed by atoms with E-state index in [0.717, 1.165) is 36.3 Å². The number of amides is 1. The average Bonchev–Trinajstić information content (AvgIpc) is 2.37. The van der Waals surface area contributed by atoms with Crippen LogP contribution in [0.15, 0.2) is 22.7 Å². The van der Waals surface area contributed by atoms with Crippen molar-refractivity contribution in [3.8, 4) is 0 Å². The summed E-state index contributed by atoms with van der Waals surface area (Å²) in [4.78, 5) is 14.4. The molecule has 1 amide bonds. The Morgan fingerprint density at radius 2 is 1.95 bits per heavy atom. The van der Waals surface area contributed by atoms with Crippen LogP contribution in [0.2, 0.25) is 0 Å². The van der Waals surface area contributed by atoms with Crippen LogP contribution >= 0.6 is 15.9 Å². The van der Waals surface area contributed by atoms with Crippen LogP contribution < -0.4 is 5.73 Å². The zero-order valence-electron chi connectivity index (χ0n) is 11.5. The molecule has 3 nitrogen and oxygen atoms in total. The molecule has 2 rings (SSSR count). The van der Waals surface area contributed by atoms with Crippen molar-refractivity contribution in [2.75, 3.05) is 18.8 Å². The minimum atomic E-state index is 0.0928. The summed E-state index contributed by atoms with van der Waals surface area (Å²) < 4.78 is 0.855. The number of halogens is 1. The van der Waals surface area contributed by atoms with Crippen molar-refractivity contribution >= 4 is 27.5 Å². The maximum atomic E-state index is 12.4. The summed E-state index contributed by atoms with van der Waals surface area (Å²) in [5, 5.41) is 0. The Morgan fingerprint density at radius 3 is 2.47 bits per heavy atom. The molecule has 1 heterocycles. The Balaban J connectivity index is 2.05. The van der Waals surface area contributed by atoms with Gasteiger partial charge in [0.05, 0.1) is 0 Å². The van der Waals surface area contributed by atoms with E-state index in [2.05, 4.69) is 29.8 Å². The van der Waals surface area contributed by atoms with Crippen molar-refractivity contribution in [1.82, 2.24) is 4.90 Å². The number of rotatable bonds is 2. The van der Waals surface area contributed by atoms with Crippen molar-refractivity contribution < 1.29 is 4.79 Å². The number of likely N-dealkylation sites (tertiary alicyclic amines) is 1. The molecule has 0 saturated carbocycles. The smallest absolute Gasteiger partial charge is 0.253 e. The second-order valence-electron chi connectivity index (χ2n) is 5.65. The van der Waals surface area contributed by atoms with Crippen LogP contribution in [-0.4, -0.2) is 23.9 Å². The second-order valence-corrected chi connectivity index (χ2v) is 6.56. The molecule has 104 valence electrons. The molecule has 19 heavy (non-hydrogen) atoms. The molecule has 2 N–H and O–H groups in total. The van der Waals surface area contributed by atoms with E-state index in [1.807, 2.05) is 17.0 Å². The van der Waals surface area contributed by atoms with Crippen molar-refractivity contribution in [2.45, 2.75) is 26.7 Å². The zero-order chi connectivity index (χ0) is 14.0. The van der Waals surface area contributed by atoms with Gasteiger partial charge in [-0.2, -0.15) is 0 Å². The van der Waals surface area contributed by atoms with Gasteiger partial charge in [-0.25, -0.2) is 0 Å². The first-order valence-corrected chi connectivity index (χ1v) is 7.62. The summed E-state index contributed by atoms with van der Waals surface area (Å²) in [6.45, 7) is 6.23. The predicted molar refractivity (Wildman–Crippen MR) is 82.0 cm³/mol. The highest BCUT2D eigenvalue weighted by Crippen LogP contribution is 2.26. The predicted octanol–water partition coefficient (Wildman–Crippen LogP) is 3.54. The molecular weight excluding hydrogens is 304 g/mol. The molecule has 0 bridgehead atoms. The normalized spacial score (nSPS) is 16.9. The lowest BCUT2D eigenvalue weighted by atomic mass is 9.86. The highest BCUT2D eigenvalue weighted by Gasteiger charge is 2.25. The van der Waals surface area contributed by atoms with Gasteiger partial charge in [0.15, 0.2) is 0 Å². The topological polar surface area (TPSA) is 46.3 Å². The lowest BCUT2D eigenvalue weighted by molar-refractivity contribution is 0.0667. The van der Waals surface area contributed by atoms with Crippen molar-refractivity contribution in [2.24, 2.45) is 11.8 Å². The highest BCUT2D eigenvalue weighted by molar-refractivity contribution is 9.10. The van der Waals surface area contributed by atoms with Crippen LogP contribution in [0.4, 0.5) is 5.69 Å². The standard InChI is InChI=1S/C15H21BrN2O/c1-10(2)11-3-5-18(6-4-11)15(19)12-7-13(16)9-14(17)8-12/h7-11H,3-6,17H2,1-2H3. The summed E-state index contributed by atoms with van der Waals surface area (Å²) in [5.74, 6) is 1.55. The van der Waals surface area contributed by atoms with Gasteiger partial charge in [-0.1, -0.05) is 29.8 Å². The van der Waals surface area contributed by atoms with Gasteiger partial charge >= 0.3 is 0 Å². The SMILES string of the molecule is CC(C)C1CCN(C(=O)c2cc(N)cc(Br)c2)CC1. The van der Waals surface area contributed by atoms with Gasteiger partial charge < -0.3 is 10.6 Å². The summed E-state index contributed by atoms with van der Waals surface area (Å²) in [5.41, 5.74) is 7.08. The Kier molecular flexibility index (Phi) is 4.50. The maximum absolute atomic E-state index is 12.4. The number of anilines is 1. The molecule has 0 aliphatic carbocycles. The van der Waals surface area contributed by atoms with Crippen molar-refractivity contribution in [1.29, 1.82) is 0 Å². The summed E-state index contributed by atoms with van der Waals surface area (Å²) in [6, 6.07) is 5.40. The Morgan fingerprint density at radius 1 is 1.32 bits per heavy atom. The number of carbonyl (C=O) groups is 1. The monoisotopic (exact) mass is 324 g/mol. The maximum Gasteiger partial charge on any atom is 0.253 e. The van der Waals surface area contributed by atoms with Crippen LogP contribution in [0.1, 0.15) is 37.0 Å². The van der Waals surface area contributed by atoms with Crippen LogP contribution in [0, 0.1) is 11.8 Å². The number of nitrogens with zero attached hydrogens (tertiary/aromatic N) is 1. The minimum Gasteiger partial charge on any atom is -0.399 e. The third kappa shape index (κ3) is 3.50. The highest BCUT2D eigenvalue weighted by atomic mass is 79.9. The molecular formula is C15H21BrN2O. The fourth-order valence-corrected chi connectivity index (χ4v) is 3.20. The van der Waals surface area contributed by atoms with Crippen LogP contribution in [0.25, 0.3) is 0 Å². The molecule has 0 radical (unpaired) electrons. The van der Waals surface area contributed by atoms with Gasteiger partial charge in [0.1, 0.15) is 0 Å². The van der Waals surface area contributed by atoms with Crippen molar-refractivity contribution in [3.63, 3.8) is 0 Å². The van der Waals surface area contributed by atoms with E-state index in [1.54, 1.807) is 6.07 Å². The largest absolute Gasteiger partial charge is 0.399 e. The van der Waals surface area contributed by atoms with Crippen LogP contribution in [0.3, 0.4) is 0 Å². The number of hydrogen-bond acceptors (Lipinski definition) is 2. The van der Waals surface area contributed by atoms with E-state index in [4.69, 9.17) is 5.73 Å². The average molecular weight is 325 g/mol. The molecule has 1 aromatic carbocycles. The van der Waals surface area contributed by atoms with Gasteiger partial charge in [-0.15, -0.1) is 0 Å². The van der Waals surface area contributed by atoms with E-state index in [9.17, 15) is 4.79 Å². The van der Waals surface area contributed by atoms with Crippen molar-refractivity contribution in [3.05, 3.63) is 28.2 Å². The summed E-state index contributed by atoms with van der Waals surface area (Å²) >= 11 is 3.38. The minimum absolute atomic E-state index is 0.0928. The lowest BCUT2D eigenvalue weighted by Crippen LogP contribution is -2.39. The Hall–Kier alpha value is -1.03. The first-order chi connectivity index (χ1) is 8.97. The lowest BCUT2D eigenvalue weighted by Gasteiger charge is -2.34. The fraction of sp³-hybridized carbons (Fsp3) is 0.533. The van der Waals surface area contributed by atoms with Gasteiger partial charge in [-0.05, 0) is 42.9 Å².